The number of nitrogens with zero attached hydrogens (tertiary/aromatic N) is 2. The lowest BCUT2D eigenvalue weighted by Gasteiger charge is -2.30. The standard InChI is InChI=1S/C26H29ClFN3O4/c1-26(2,3)35-25(32)15-5-8-17(9-6-15)34-23-12-18-21(13-22(23)33-4)29-14-30-24(18)31-16-7-10-20(28)19(27)11-16/h7,10-15,17H,5-6,8-9H2,1-4H3,(H,29,30,31). The first-order valence-electron chi connectivity index (χ1n) is 11.6. The third-order valence-electron chi connectivity index (χ3n) is 5.81. The van der Waals surface area contributed by atoms with Gasteiger partial charge in [0.05, 0.1) is 29.7 Å². The number of nitrogens with one attached hydrogen (secondary N) is 1. The highest BCUT2D eigenvalue weighted by molar-refractivity contribution is 6.31. The lowest BCUT2D eigenvalue weighted by Crippen LogP contribution is -2.33. The van der Waals surface area contributed by atoms with Gasteiger partial charge in [0.25, 0.3) is 0 Å². The maximum atomic E-state index is 13.5. The summed E-state index contributed by atoms with van der Waals surface area (Å²) in [5, 5.41) is 3.90. The van der Waals surface area contributed by atoms with Crippen molar-refractivity contribution in [2.45, 2.75) is 58.2 Å². The minimum atomic E-state index is -0.494. The van der Waals surface area contributed by atoms with Crippen LogP contribution in [-0.4, -0.2) is 34.8 Å². The van der Waals surface area contributed by atoms with E-state index < -0.39 is 11.4 Å². The van der Waals surface area contributed by atoms with Gasteiger partial charge in [-0.15, -0.1) is 0 Å². The van der Waals surface area contributed by atoms with Gasteiger partial charge in [0.2, 0.25) is 0 Å². The fraction of sp³-hybridized carbons (Fsp3) is 0.423. The Labute approximate surface area is 209 Å². The van der Waals surface area contributed by atoms with Gasteiger partial charge in [0.1, 0.15) is 23.6 Å². The van der Waals surface area contributed by atoms with E-state index in [-0.39, 0.29) is 23.0 Å². The minimum absolute atomic E-state index is 0.0148. The van der Waals surface area contributed by atoms with Crippen LogP contribution in [0.4, 0.5) is 15.9 Å². The van der Waals surface area contributed by atoms with Crippen molar-refractivity contribution in [1.82, 2.24) is 9.97 Å². The highest BCUT2D eigenvalue weighted by Crippen LogP contribution is 2.38. The maximum absolute atomic E-state index is 13.5. The number of fused-ring (bicyclic) bond motifs is 1. The molecule has 0 unspecified atom stereocenters. The van der Waals surface area contributed by atoms with Crippen LogP contribution in [-0.2, 0) is 9.53 Å². The summed E-state index contributed by atoms with van der Waals surface area (Å²) >= 11 is 5.92. The van der Waals surface area contributed by atoms with Crippen molar-refractivity contribution in [3.05, 3.63) is 47.5 Å². The quantitative estimate of drug-likeness (QED) is 0.388. The summed E-state index contributed by atoms with van der Waals surface area (Å²) in [7, 11) is 1.58. The second-order valence-electron chi connectivity index (χ2n) is 9.62. The van der Waals surface area contributed by atoms with Crippen LogP contribution in [0.1, 0.15) is 46.5 Å². The average Bonchev–Trinajstić information content (AvgIpc) is 2.81. The second-order valence-corrected chi connectivity index (χ2v) is 10.0. The molecule has 0 radical (unpaired) electrons. The number of carbonyl (C=O) groups is 1. The lowest BCUT2D eigenvalue weighted by atomic mass is 9.87. The third kappa shape index (κ3) is 6.11. The Morgan fingerprint density at radius 1 is 1.09 bits per heavy atom. The fourth-order valence-electron chi connectivity index (χ4n) is 4.11. The SMILES string of the molecule is COc1cc2ncnc(Nc3ccc(F)c(Cl)c3)c2cc1OC1CCC(C(=O)OC(C)(C)C)CC1. The Balaban J connectivity index is 1.52. The van der Waals surface area contributed by atoms with E-state index in [0.29, 0.717) is 46.7 Å². The van der Waals surface area contributed by atoms with Crippen LogP contribution in [0, 0.1) is 11.7 Å². The molecule has 9 heteroatoms. The molecule has 0 spiro atoms. The molecule has 0 atom stereocenters. The smallest absolute Gasteiger partial charge is 0.309 e. The first-order chi connectivity index (χ1) is 16.6. The van der Waals surface area contributed by atoms with Crippen molar-refractivity contribution in [2.24, 2.45) is 5.92 Å². The Morgan fingerprint density at radius 3 is 2.49 bits per heavy atom. The van der Waals surface area contributed by atoms with Crippen LogP contribution in [0.5, 0.6) is 11.5 Å². The number of anilines is 2. The van der Waals surface area contributed by atoms with E-state index in [4.69, 9.17) is 25.8 Å². The molecule has 7 nitrogen and oxygen atoms in total. The Hall–Kier alpha value is -3.13. The van der Waals surface area contributed by atoms with Gasteiger partial charge in [-0.25, -0.2) is 14.4 Å². The van der Waals surface area contributed by atoms with Crippen molar-refractivity contribution >= 4 is 40.0 Å². The van der Waals surface area contributed by atoms with Gasteiger partial charge < -0.3 is 19.5 Å². The topological polar surface area (TPSA) is 82.6 Å². The normalized spacial score (nSPS) is 18.2. The molecule has 35 heavy (non-hydrogen) atoms. The Kier molecular flexibility index (Phi) is 7.31. The number of esters is 1. The zero-order valence-corrected chi connectivity index (χ0v) is 21.0. The summed E-state index contributed by atoms with van der Waals surface area (Å²) in [5.41, 5.74) is 0.763. The number of aromatic nitrogens is 2. The van der Waals surface area contributed by atoms with Crippen LogP contribution >= 0.6 is 11.6 Å². The van der Waals surface area contributed by atoms with Gasteiger partial charge in [-0.1, -0.05) is 11.6 Å². The predicted molar refractivity (Wildman–Crippen MR) is 133 cm³/mol. The molecule has 1 fully saturated rings. The minimum Gasteiger partial charge on any atom is -0.493 e. The summed E-state index contributed by atoms with van der Waals surface area (Å²) in [6.07, 6.45) is 4.25. The van der Waals surface area contributed by atoms with Crippen LogP contribution < -0.4 is 14.8 Å². The summed E-state index contributed by atoms with van der Waals surface area (Å²) in [6.45, 7) is 5.63. The molecule has 0 amide bonds. The van der Waals surface area contributed by atoms with Gasteiger partial charge >= 0.3 is 5.97 Å². The van der Waals surface area contributed by atoms with E-state index in [1.807, 2.05) is 26.8 Å². The molecule has 1 aliphatic carbocycles. The van der Waals surface area contributed by atoms with Crippen molar-refractivity contribution in [1.29, 1.82) is 0 Å². The summed E-state index contributed by atoms with van der Waals surface area (Å²) < 4.78 is 31.0. The van der Waals surface area contributed by atoms with Crippen LogP contribution in [0.2, 0.25) is 5.02 Å². The summed E-state index contributed by atoms with van der Waals surface area (Å²) in [5.74, 6) is 0.898. The van der Waals surface area contributed by atoms with Gasteiger partial charge in [0.15, 0.2) is 11.5 Å². The van der Waals surface area contributed by atoms with Crippen molar-refractivity contribution < 1.29 is 23.4 Å². The van der Waals surface area contributed by atoms with Crippen LogP contribution in [0.15, 0.2) is 36.7 Å². The lowest BCUT2D eigenvalue weighted by molar-refractivity contribution is -0.161. The number of carbonyl (C=O) groups excluding carboxylic acids is 1. The fourth-order valence-corrected chi connectivity index (χ4v) is 4.29. The third-order valence-corrected chi connectivity index (χ3v) is 6.10. The van der Waals surface area contributed by atoms with Gasteiger partial charge in [-0.2, -0.15) is 0 Å². The molecule has 186 valence electrons. The van der Waals surface area contributed by atoms with E-state index in [1.54, 1.807) is 19.2 Å². The predicted octanol–water partition coefficient (Wildman–Crippen LogP) is 6.45. The van der Waals surface area contributed by atoms with Crippen LogP contribution in [0.3, 0.4) is 0 Å². The second kappa shape index (κ2) is 10.2. The molecule has 0 aliphatic heterocycles. The number of hydrogen-bond donors (Lipinski definition) is 1. The van der Waals surface area contributed by atoms with E-state index in [1.165, 1.54) is 18.5 Å². The first-order valence-corrected chi connectivity index (χ1v) is 11.9. The molecule has 1 saturated carbocycles. The average molecular weight is 502 g/mol. The molecule has 0 saturated heterocycles. The Bertz CT molecular complexity index is 1220. The zero-order chi connectivity index (χ0) is 25.2. The first kappa shape index (κ1) is 25.0. The van der Waals surface area contributed by atoms with Gasteiger partial charge in [-0.05, 0) is 70.7 Å². The van der Waals surface area contributed by atoms with E-state index in [9.17, 15) is 9.18 Å². The molecule has 3 aromatic rings. The molecule has 1 aromatic heterocycles. The number of rotatable bonds is 6. The number of ether oxygens (including phenoxy) is 3. The largest absolute Gasteiger partial charge is 0.493 e. The van der Waals surface area contributed by atoms with Crippen molar-refractivity contribution in [3.63, 3.8) is 0 Å². The molecular formula is C26H29ClFN3O4. The van der Waals surface area contributed by atoms with Crippen molar-refractivity contribution in [3.8, 4) is 11.5 Å². The number of hydrogen-bond acceptors (Lipinski definition) is 7. The van der Waals surface area contributed by atoms with Crippen molar-refractivity contribution in [2.75, 3.05) is 12.4 Å². The summed E-state index contributed by atoms with van der Waals surface area (Å²) in [4.78, 5) is 21.1. The van der Waals surface area contributed by atoms with E-state index >= 15 is 0 Å². The van der Waals surface area contributed by atoms with E-state index in [2.05, 4.69) is 15.3 Å². The number of benzene rings is 2. The number of methoxy groups -OCH3 is 1. The molecule has 1 N–H and O–H groups in total. The number of halogens is 2. The van der Waals surface area contributed by atoms with Crippen LogP contribution in [0.25, 0.3) is 10.9 Å². The van der Waals surface area contributed by atoms with Gasteiger partial charge in [0, 0.05) is 17.1 Å². The highest BCUT2D eigenvalue weighted by atomic mass is 35.5. The molecule has 1 heterocycles. The molecule has 0 bridgehead atoms. The highest BCUT2D eigenvalue weighted by Gasteiger charge is 2.31. The molecule has 1 aliphatic rings. The van der Waals surface area contributed by atoms with Gasteiger partial charge in [-0.3, -0.25) is 4.79 Å². The molecule has 2 aromatic carbocycles. The zero-order valence-electron chi connectivity index (χ0n) is 20.2. The molecule has 4 rings (SSSR count). The maximum Gasteiger partial charge on any atom is 0.309 e. The molecular weight excluding hydrogens is 473 g/mol. The Morgan fingerprint density at radius 2 is 1.83 bits per heavy atom. The monoisotopic (exact) mass is 501 g/mol. The summed E-state index contributed by atoms with van der Waals surface area (Å²) in [6, 6.07) is 8.00. The van der Waals surface area contributed by atoms with E-state index in [0.717, 1.165) is 12.8 Å².